The van der Waals surface area contributed by atoms with Gasteiger partial charge in [0.05, 0.1) is 0 Å². The van der Waals surface area contributed by atoms with Gasteiger partial charge in [0.15, 0.2) is 0 Å². The molecule has 1 aliphatic rings. The van der Waals surface area contributed by atoms with Gasteiger partial charge in [0, 0.05) is 41.0 Å². The van der Waals surface area contributed by atoms with E-state index in [0.29, 0.717) is 16.4 Å². The molecule has 0 radical (unpaired) electrons. The maximum absolute atomic E-state index is 6.41. The van der Waals surface area contributed by atoms with E-state index in [0.717, 1.165) is 18.8 Å². The van der Waals surface area contributed by atoms with Gasteiger partial charge in [0.2, 0.25) is 0 Å². The Bertz CT molecular complexity index is 394. The predicted molar refractivity (Wildman–Crippen MR) is 84.7 cm³/mol. The van der Waals surface area contributed by atoms with Crippen LogP contribution in [0.1, 0.15) is 26.6 Å². The van der Waals surface area contributed by atoms with Gasteiger partial charge in [-0.15, -0.1) is 0 Å². The maximum atomic E-state index is 6.41. The lowest BCUT2D eigenvalue weighted by atomic mass is 10.1. The first-order valence-electron chi connectivity index (χ1n) is 6.93. The second-order valence-corrected chi connectivity index (χ2v) is 8.30. The van der Waals surface area contributed by atoms with Crippen molar-refractivity contribution in [3.8, 4) is 0 Å². The molecule has 19 heavy (non-hydrogen) atoms. The van der Waals surface area contributed by atoms with Crippen molar-refractivity contribution in [3.63, 3.8) is 0 Å². The Morgan fingerprint density at radius 1 is 1.42 bits per heavy atom. The zero-order valence-corrected chi connectivity index (χ0v) is 13.6. The Morgan fingerprint density at radius 2 is 2.16 bits per heavy atom. The van der Waals surface area contributed by atoms with Crippen molar-refractivity contribution in [2.75, 3.05) is 11.5 Å². The summed E-state index contributed by atoms with van der Waals surface area (Å²) in [5.74, 6) is 4.07. The second kappa shape index (κ2) is 6.99. The van der Waals surface area contributed by atoms with Gasteiger partial charge in [-0.25, -0.2) is 9.67 Å². The van der Waals surface area contributed by atoms with Gasteiger partial charge in [0.1, 0.15) is 12.2 Å². The van der Waals surface area contributed by atoms with Crippen LogP contribution in [0.2, 0.25) is 0 Å². The fourth-order valence-electron chi connectivity index (χ4n) is 2.39. The smallest absolute Gasteiger partial charge is 0.138 e. The lowest BCUT2D eigenvalue weighted by Gasteiger charge is -2.32. The number of aromatic nitrogens is 3. The van der Waals surface area contributed by atoms with Crippen LogP contribution in [0, 0.1) is 5.92 Å². The molecule has 2 heterocycles. The summed E-state index contributed by atoms with van der Waals surface area (Å²) in [6.45, 7) is 7.60. The Hall–Kier alpha value is -0.200. The van der Waals surface area contributed by atoms with Gasteiger partial charge in [-0.05, 0) is 5.92 Å². The molecule has 1 fully saturated rings. The van der Waals surface area contributed by atoms with E-state index in [4.69, 9.17) is 5.73 Å². The molecule has 3 atom stereocenters. The highest BCUT2D eigenvalue weighted by Gasteiger charge is 2.29. The number of rotatable bonds is 5. The summed E-state index contributed by atoms with van der Waals surface area (Å²) in [6.07, 6.45) is 2.48. The molecule has 1 saturated heterocycles. The fraction of sp³-hybridized carbons (Fsp3) is 0.846. The Morgan fingerprint density at radius 3 is 2.84 bits per heavy atom. The van der Waals surface area contributed by atoms with Crippen LogP contribution < -0.4 is 5.73 Å². The molecule has 3 unspecified atom stereocenters. The summed E-state index contributed by atoms with van der Waals surface area (Å²) >= 11 is 4.06. The fourth-order valence-corrected chi connectivity index (χ4v) is 5.28. The molecule has 1 aromatic rings. The largest absolute Gasteiger partial charge is 0.326 e. The molecule has 1 aliphatic heterocycles. The standard InChI is InChI=1S/C13H24N4S2/c1-9(2)7-17-12(15-8-16-17)6-11(14)13-10(3)18-4-5-19-13/h8-11,13H,4-7,14H2,1-3H3. The molecule has 0 saturated carbocycles. The zero-order chi connectivity index (χ0) is 13.8. The van der Waals surface area contributed by atoms with Crippen molar-refractivity contribution in [2.45, 2.75) is 50.3 Å². The van der Waals surface area contributed by atoms with E-state index < -0.39 is 0 Å². The Kier molecular flexibility index (Phi) is 5.59. The normalized spacial score (nSPS) is 25.7. The Balaban J connectivity index is 1.98. The van der Waals surface area contributed by atoms with Crippen molar-refractivity contribution in [1.29, 1.82) is 0 Å². The topological polar surface area (TPSA) is 56.7 Å². The molecule has 0 bridgehead atoms. The van der Waals surface area contributed by atoms with Crippen molar-refractivity contribution in [3.05, 3.63) is 12.2 Å². The van der Waals surface area contributed by atoms with Crippen LogP contribution in [0.4, 0.5) is 0 Å². The van der Waals surface area contributed by atoms with Crippen molar-refractivity contribution in [2.24, 2.45) is 11.7 Å². The maximum Gasteiger partial charge on any atom is 0.138 e. The zero-order valence-electron chi connectivity index (χ0n) is 12.0. The number of nitrogens with two attached hydrogens (primary N) is 1. The molecular weight excluding hydrogens is 276 g/mol. The average molecular weight is 300 g/mol. The van der Waals surface area contributed by atoms with E-state index in [9.17, 15) is 0 Å². The first kappa shape index (κ1) is 15.2. The van der Waals surface area contributed by atoms with E-state index in [1.165, 1.54) is 11.5 Å². The highest BCUT2D eigenvalue weighted by molar-refractivity contribution is 8.07. The van der Waals surface area contributed by atoms with Gasteiger partial charge in [-0.3, -0.25) is 0 Å². The minimum atomic E-state index is 0.169. The minimum absolute atomic E-state index is 0.169. The average Bonchev–Trinajstić information content (AvgIpc) is 2.76. The summed E-state index contributed by atoms with van der Waals surface area (Å²) in [5.41, 5.74) is 6.41. The SMILES string of the molecule is CC(C)Cn1ncnc1CC(N)C1SCCSC1C. The van der Waals surface area contributed by atoms with Crippen LogP contribution in [0.5, 0.6) is 0 Å². The van der Waals surface area contributed by atoms with Gasteiger partial charge < -0.3 is 5.73 Å². The minimum Gasteiger partial charge on any atom is -0.326 e. The van der Waals surface area contributed by atoms with Crippen LogP contribution in [-0.4, -0.2) is 42.8 Å². The third-order valence-corrected chi connectivity index (χ3v) is 6.58. The summed E-state index contributed by atoms with van der Waals surface area (Å²) in [6, 6.07) is 0.169. The van der Waals surface area contributed by atoms with E-state index >= 15 is 0 Å². The van der Waals surface area contributed by atoms with Gasteiger partial charge in [-0.1, -0.05) is 20.8 Å². The monoisotopic (exact) mass is 300 g/mol. The summed E-state index contributed by atoms with van der Waals surface area (Å²) in [5, 5.41) is 5.48. The molecule has 4 nitrogen and oxygen atoms in total. The van der Waals surface area contributed by atoms with Crippen molar-refractivity contribution < 1.29 is 0 Å². The van der Waals surface area contributed by atoms with E-state index in [1.54, 1.807) is 6.33 Å². The summed E-state index contributed by atoms with van der Waals surface area (Å²) < 4.78 is 2.01. The first-order chi connectivity index (χ1) is 9.08. The molecule has 2 N–H and O–H groups in total. The molecule has 0 aliphatic carbocycles. The highest BCUT2D eigenvalue weighted by Crippen LogP contribution is 2.33. The molecule has 6 heteroatoms. The molecule has 2 rings (SSSR count). The lowest BCUT2D eigenvalue weighted by molar-refractivity contribution is 0.456. The number of nitrogens with zero attached hydrogens (tertiary/aromatic N) is 3. The predicted octanol–water partition coefficient (Wildman–Crippen LogP) is 2.04. The summed E-state index contributed by atoms with van der Waals surface area (Å²) in [7, 11) is 0. The number of hydrogen-bond acceptors (Lipinski definition) is 5. The first-order valence-corrected chi connectivity index (χ1v) is 9.03. The van der Waals surface area contributed by atoms with E-state index in [1.807, 2.05) is 28.2 Å². The third-order valence-electron chi connectivity index (χ3n) is 3.31. The lowest BCUT2D eigenvalue weighted by Crippen LogP contribution is -2.42. The van der Waals surface area contributed by atoms with Crippen LogP contribution in [-0.2, 0) is 13.0 Å². The Labute approximate surface area is 124 Å². The molecule has 108 valence electrons. The van der Waals surface area contributed by atoms with Crippen LogP contribution in [0.25, 0.3) is 0 Å². The van der Waals surface area contributed by atoms with Crippen LogP contribution in [0.15, 0.2) is 6.33 Å². The van der Waals surface area contributed by atoms with Crippen molar-refractivity contribution in [1.82, 2.24) is 14.8 Å². The number of hydrogen-bond donors (Lipinski definition) is 1. The molecule has 1 aromatic heterocycles. The molecular formula is C13H24N4S2. The third kappa shape index (κ3) is 4.13. The molecule has 0 aromatic carbocycles. The molecule has 0 spiro atoms. The van der Waals surface area contributed by atoms with Crippen molar-refractivity contribution >= 4 is 23.5 Å². The van der Waals surface area contributed by atoms with Gasteiger partial charge in [-0.2, -0.15) is 28.6 Å². The second-order valence-electron chi connectivity index (χ2n) is 5.53. The van der Waals surface area contributed by atoms with Crippen LogP contribution >= 0.6 is 23.5 Å². The highest BCUT2D eigenvalue weighted by atomic mass is 32.2. The van der Waals surface area contributed by atoms with Crippen LogP contribution in [0.3, 0.4) is 0 Å². The number of thioether (sulfide) groups is 2. The molecule has 0 amide bonds. The quantitative estimate of drug-likeness (QED) is 0.902. The van der Waals surface area contributed by atoms with E-state index in [2.05, 4.69) is 30.9 Å². The van der Waals surface area contributed by atoms with Gasteiger partial charge in [0.25, 0.3) is 0 Å². The van der Waals surface area contributed by atoms with Gasteiger partial charge >= 0.3 is 0 Å². The van der Waals surface area contributed by atoms with E-state index in [-0.39, 0.29) is 6.04 Å². The summed E-state index contributed by atoms with van der Waals surface area (Å²) in [4.78, 5) is 4.38.